The summed E-state index contributed by atoms with van der Waals surface area (Å²) < 4.78 is 11.5. The van der Waals surface area contributed by atoms with Gasteiger partial charge in [0, 0.05) is 16.9 Å². The molecule has 0 aliphatic heterocycles. The molecule has 0 N–H and O–H groups in total. The van der Waals surface area contributed by atoms with Crippen LogP contribution < -0.4 is 10.2 Å². The maximum absolute atomic E-state index is 12.7. The predicted molar refractivity (Wildman–Crippen MR) is 96.6 cm³/mol. The lowest BCUT2D eigenvalue weighted by molar-refractivity contribution is -0.0785. The number of fused-ring (bicyclic) bond motifs is 1. The average molecular weight is 328 g/mol. The lowest BCUT2D eigenvalue weighted by Crippen LogP contribution is -2.64. The van der Waals surface area contributed by atoms with Gasteiger partial charge >= 0.3 is 0 Å². The maximum Gasteiger partial charge on any atom is 0.291 e. The summed E-state index contributed by atoms with van der Waals surface area (Å²) >= 11 is 0. The van der Waals surface area contributed by atoms with Crippen LogP contribution in [0.4, 0.5) is 0 Å². The maximum atomic E-state index is 12.7. The Hall–Kier alpha value is -1.77. The zero-order valence-corrected chi connectivity index (χ0v) is 16.0. The summed E-state index contributed by atoms with van der Waals surface area (Å²) in [6.07, 6.45) is 4.64. The summed E-state index contributed by atoms with van der Waals surface area (Å²) in [6.45, 7) is 14.8. The van der Waals surface area contributed by atoms with Crippen LogP contribution in [-0.2, 0) is 5.41 Å². The summed E-state index contributed by atoms with van der Waals surface area (Å²) in [6, 6.07) is 0. The second-order valence-electron chi connectivity index (χ2n) is 8.08. The SMILES string of the molecule is COc1oc([C@@]2(C)[C@H](C)[C@]3(C)C=C(C)C=C(C)[C@@H]32)c(C)c(=O)c1C. The van der Waals surface area contributed by atoms with Gasteiger partial charge in [-0.3, -0.25) is 4.79 Å². The van der Waals surface area contributed by atoms with Crippen molar-refractivity contribution in [2.45, 2.75) is 53.9 Å². The van der Waals surface area contributed by atoms with Gasteiger partial charge in [-0.05, 0) is 39.0 Å². The van der Waals surface area contributed by atoms with E-state index in [0.29, 0.717) is 28.9 Å². The van der Waals surface area contributed by atoms with Crippen LogP contribution in [0.15, 0.2) is 32.5 Å². The van der Waals surface area contributed by atoms with Crippen molar-refractivity contribution in [2.75, 3.05) is 7.11 Å². The Morgan fingerprint density at radius 2 is 1.75 bits per heavy atom. The number of hydrogen-bond acceptors (Lipinski definition) is 3. The summed E-state index contributed by atoms with van der Waals surface area (Å²) in [7, 11) is 1.55. The number of hydrogen-bond donors (Lipinski definition) is 0. The van der Waals surface area contributed by atoms with E-state index in [1.54, 1.807) is 14.0 Å². The molecule has 24 heavy (non-hydrogen) atoms. The third-order valence-corrected chi connectivity index (χ3v) is 6.70. The van der Waals surface area contributed by atoms with Crippen molar-refractivity contribution < 1.29 is 9.15 Å². The first-order valence-corrected chi connectivity index (χ1v) is 8.65. The molecule has 3 rings (SSSR count). The van der Waals surface area contributed by atoms with Gasteiger partial charge in [0.1, 0.15) is 5.76 Å². The van der Waals surface area contributed by atoms with Crippen molar-refractivity contribution in [2.24, 2.45) is 17.3 Å². The van der Waals surface area contributed by atoms with Crippen LogP contribution in [0.2, 0.25) is 0 Å². The Morgan fingerprint density at radius 1 is 1.12 bits per heavy atom. The molecule has 0 saturated heterocycles. The van der Waals surface area contributed by atoms with Gasteiger partial charge < -0.3 is 9.15 Å². The van der Waals surface area contributed by atoms with Gasteiger partial charge in [-0.25, -0.2) is 0 Å². The molecule has 0 amide bonds. The first-order chi connectivity index (χ1) is 11.1. The molecule has 2 aliphatic carbocycles. The van der Waals surface area contributed by atoms with Gasteiger partial charge in [-0.2, -0.15) is 0 Å². The first kappa shape index (κ1) is 17.1. The number of ether oxygens (including phenoxy) is 1. The van der Waals surface area contributed by atoms with E-state index >= 15 is 0 Å². The predicted octanol–water partition coefficient (Wildman–Crippen LogP) is 4.70. The number of allylic oxidation sites excluding steroid dienone is 4. The van der Waals surface area contributed by atoms with Crippen LogP contribution in [0.1, 0.15) is 51.5 Å². The van der Waals surface area contributed by atoms with E-state index in [9.17, 15) is 4.79 Å². The monoisotopic (exact) mass is 328 g/mol. The summed E-state index contributed by atoms with van der Waals surface area (Å²) in [4.78, 5) is 12.7. The molecule has 1 aromatic heterocycles. The standard InChI is InChI=1S/C21H28O3/c1-11-9-12(2)17-20(6,10-11)15(5)21(17,7)18-13(3)16(22)14(4)19(23-8)24-18/h9-10,15,17H,1-8H3/t15-,17+,20+,21+/m1/s1. The molecule has 1 heterocycles. The van der Waals surface area contributed by atoms with Crippen LogP contribution in [0, 0.1) is 31.1 Å². The van der Waals surface area contributed by atoms with Crippen molar-refractivity contribution >= 4 is 0 Å². The summed E-state index contributed by atoms with van der Waals surface area (Å²) in [5.41, 5.74) is 3.85. The quantitative estimate of drug-likeness (QED) is 0.790. The van der Waals surface area contributed by atoms with Crippen molar-refractivity contribution in [3.05, 3.63) is 50.4 Å². The molecule has 0 spiro atoms. The molecule has 1 aromatic rings. The van der Waals surface area contributed by atoms with E-state index in [2.05, 4.69) is 46.8 Å². The Labute approximate surface area is 144 Å². The Morgan fingerprint density at radius 3 is 2.33 bits per heavy atom. The van der Waals surface area contributed by atoms with Gasteiger partial charge in [0.2, 0.25) is 0 Å². The highest BCUT2D eigenvalue weighted by Crippen LogP contribution is 2.69. The summed E-state index contributed by atoms with van der Waals surface area (Å²) in [5.74, 6) is 1.82. The highest BCUT2D eigenvalue weighted by atomic mass is 16.6. The van der Waals surface area contributed by atoms with Crippen LogP contribution in [0.5, 0.6) is 5.95 Å². The smallest absolute Gasteiger partial charge is 0.291 e. The molecule has 1 fully saturated rings. The van der Waals surface area contributed by atoms with Crippen molar-refractivity contribution in [1.82, 2.24) is 0 Å². The Balaban J connectivity index is 2.23. The van der Waals surface area contributed by atoms with E-state index in [-0.39, 0.29) is 16.3 Å². The molecule has 0 bridgehead atoms. The van der Waals surface area contributed by atoms with Crippen LogP contribution in [0.25, 0.3) is 0 Å². The molecular formula is C21H28O3. The largest absolute Gasteiger partial charge is 0.468 e. The zero-order valence-electron chi connectivity index (χ0n) is 16.0. The van der Waals surface area contributed by atoms with Gasteiger partial charge in [-0.15, -0.1) is 0 Å². The molecule has 4 atom stereocenters. The fourth-order valence-electron chi connectivity index (χ4n) is 5.60. The second kappa shape index (κ2) is 5.11. The van der Waals surface area contributed by atoms with E-state index in [1.165, 1.54) is 11.1 Å². The minimum Gasteiger partial charge on any atom is -0.468 e. The second-order valence-corrected chi connectivity index (χ2v) is 8.08. The molecule has 130 valence electrons. The molecule has 0 aromatic carbocycles. The first-order valence-electron chi connectivity index (χ1n) is 8.65. The van der Waals surface area contributed by atoms with Gasteiger partial charge in [-0.1, -0.05) is 44.1 Å². The highest BCUT2D eigenvalue weighted by Gasteiger charge is 2.66. The Bertz CT molecular complexity index is 826. The minimum atomic E-state index is -0.212. The van der Waals surface area contributed by atoms with Gasteiger partial charge in [0.25, 0.3) is 5.95 Å². The van der Waals surface area contributed by atoms with E-state index in [0.717, 1.165) is 5.76 Å². The van der Waals surface area contributed by atoms with Crippen LogP contribution in [0.3, 0.4) is 0 Å². The molecule has 0 radical (unpaired) electrons. The van der Waals surface area contributed by atoms with E-state index in [1.807, 2.05) is 6.92 Å². The van der Waals surface area contributed by atoms with E-state index < -0.39 is 0 Å². The van der Waals surface area contributed by atoms with Crippen molar-refractivity contribution in [1.29, 1.82) is 0 Å². The van der Waals surface area contributed by atoms with Gasteiger partial charge in [0.15, 0.2) is 5.43 Å². The third-order valence-electron chi connectivity index (χ3n) is 6.70. The molecule has 1 saturated carbocycles. The topological polar surface area (TPSA) is 39.4 Å². The van der Waals surface area contributed by atoms with Gasteiger partial charge in [0.05, 0.1) is 12.7 Å². The lowest BCUT2D eigenvalue weighted by atomic mass is 9.37. The highest BCUT2D eigenvalue weighted by molar-refractivity contribution is 5.46. The lowest BCUT2D eigenvalue weighted by Gasteiger charge is -2.66. The number of methoxy groups -OCH3 is 1. The molecular weight excluding hydrogens is 300 g/mol. The zero-order chi connectivity index (χ0) is 18.0. The fraction of sp³-hybridized carbons (Fsp3) is 0.571. The number of rotatable bonds is 2. The Kier molecular flexibility index (Phi) is 3.63. The normalized spacial score (nSPS) is 34.8. The average Bonchev–Trinajstić information content (AvgIpc) is 2.51. The molecule has 3 heteroatoms. The minimum absolute atomic E-state index is 0.0271. The van der Waals surface area contributed by atoms with E-state index in [4.69, 9.17) is 9.15 Å². The van der Waals surface area contributed by atoms with Crippen molar-refractivity contribution in [3.63, 3.8) is 0 Å². The van der Waals surface area contributed by atoms with Crippen LogP contribution in [-0.4, -0.2) is 7.11 Å². The van der Waals surface area contributed by atoms with Crippen LogP contribution >= 0.6 is 0 Å². The molecule has 2 aliphatic rings. The summed E-state index contributed by atoms with van der Waals surface area (Å²) in [5, 5.41) is 0. The molecule has 0 unspecified atom stereocenters. The van der Waals surface area contributed by atoms with Crippen molar-refractivity contribution in [3.8, 4) is 5.95 Å². The molecule has 3 nitrogen and oxygen atoms in total. The third kappa shape index (κ3) is 1.87. The fourth-order valence-corrected chi connectivity index (χ4v) is 5.60.